The molecule has 0 radical (unpaired) electrons. The molecule has 76 valence electrons. The summed E-state index contributed by atoms with van der Waals surface area (Å²) in [5, 5.41) is 6.89. The summed E-state index contributed by atoms with van der Waals surface area (Å²) in [5.41, 5.74) is 1.37. The molecule has 0 aliphatic heterocycles. The summed E-state index contributed by atoms with van der Waals surface area (Å²) in [6.07, 6.45) is 5.99. The van der Waals surface area contributed by atoms with E-state index in [0.29, 0.717) is 10.8 Å². The minimum Gasteiger partial charge on any atom is -0.483 e. The molecule has 2 nitrogen and oxygen atoms in total. The first-order chi connectivity index (χ1) is 5.98. The van der Waals surface area contributed by atoms with Crippen molar-refractivity contribution < 1.29 is 9.90 Å². The number of hydrogen-bond acceptors (Lipinski definition) is 1. The lowest BCUT2D eigenvalue weighted by Gasteiger charge is -2.34. The van der Waals surface area contributed by atoms with Crippen molar-refractivity contribution in [2.75, 3.05) is 0 Å². The highest BCUT2D eigenvalue weighted by molar-refractivity contribution is 5.32. The summed E-state index contributed by atoms with van der Waals surface area (Å²) < 4.78 is 0. The molecule has 2 saturated carbocycles. The highest BCUT2D eigenvalue weighted by atomic mass is 16.3. The summed E-state index contributed by atoms with van der Waals surface area (Å²) in [7, 11) is 0. The van der Waals surface area contributed by atoms with Gasteiger partial charge in [0.25, 0.3) is 6.47 Å². The minimum absolute atomic E-state index is 0.250. The summed E-state index contributed by atoms with van der Waals surface area (Å²) in [6.45, 7) is 7.18. The largest absolute Gasteiger partial charge is 0.483 e. The minimum atomic E-state index is -0.250. The number of rotatable bonds is 0. The summed E-state index contributed by atoms with van der Waals surface area (Å²) >= 11 is 0. The Bertz CT molecular complexity index is 186. The zero-order valence-electron chi connectivity index (χ0n) is 8.84. The first-order valence-corrected chi connectivity index (χ1v) is 5.06. The Morgan fingerprint density at radius 2 is 1.62 bits per heavy atom. The fourth-order valence-electron chi connectivity index (χ4n) is 3.11. The molecule has 1 N–H and O–H groups in total. The zero-order chi connectivity index (χ0) is 10.1. The van der Waals surface area contributed by atoms with Crippen LogP contribution in [0.3, 0.4) is 0 Å². The molecule has 2 heteroatoms. The van der Waals surface area contributed by atoms with Gasteiger partial charge in [0.15, 0.2) is 0 Å². The van der Waals surface area contributed by atoms with Crippen molar-refractivity contribution in [3.8, 4) is 0 Å². The van der Waals surface area contributed by atoms with Gasteiger partial charge in [-0.15, -0.1) is 0 Å². The van der Waals surface area contributed by atoms with E-state index in [1.807, 2.05) is 0 Å². The maximum atomic E-state index is 8.36. The highest BCUT2D eigenvalue weighted by Crippen LogP contribution is 2.65. The molecule has 2 aliphatic rings. The number of fused-ring (bicyclic) bond motifs is 2. The molecule has 0 unspecified atom stereocenters. The summed E-state index contributed by atoms with van der Waals surface area (Å²) in [4.78, 5) is 8.36. The Balaban J connectivity index is 0.000000251. The molecule has 0 amide bonds. The van der Waals surface area contributed by atoms with Gasteiger partial charge < -0.3 is 5.11 Å². The molecule has 2 fully saturated rings. The van der Waals surface area contributed by atoms with Gasteiger partial charge in [0.2, 0.25) is 0 Å². The van der Waals surface area contributed by atoms with E-state index in [1.54, 1.807) is 0 Å². The first kappa shape index (κ1) is 10.6. The van der Waals surface area contributed by atoms with E-state index in [2.05, 4.69) is 20.8 Å². The predicted octanol–water partition coefficient (Wildman–Crippen LogP) is 2.92. The molecule has 2 rings (SSSR count). The molecule has 2 aliphatic carbocycles. The Kier molecular flexibility index (Phi) is 2.69. The van der Waals surface area contributed by atoms with E-state index in [4.69, 9.17) is 9.90 Å². The quantitative estimate of drug-likeness (QED) is 0.588. The van der Waals surface area contributed by atoms with Gasteiger partial charge in [0, 0.05) is 0 Å². The van der Waals surface area contributed by atoms with Crippen molar-refractivity contribution in [3.63, 3.8) is 0 Å². The second-order valence-corrected chi connectivity index (χ2v) is 5.16. The van der Waals surface area contributed by atoms with Crippen LogP contribution in [0.15, 0.2) is 0 Å². The van der Waals surface area contributed by atoms with Gasteiger partial charge in [-0.1, -0.05) is 20.8 Å². The van der Waals surface area contributed by atoms with E-state index in [0.717, 1.165) is 5.92 Å². The summed E-state index contributed by atoms with van der Waals surface area (Å²) in [5.74, 6) is 1.05. The molecule has 0 saturated heterocycles. The molecule has 0 aromatic carbocycles. The third-order valence-electron chi connectivity index (χ3n) is 4.67. The van der Waals surface area contributed by atoms with Crippen molar-refractivity contribution in [2.24, 2.45) is 16.7 Å². The predicted molar refractivity (Wildman–Crippen MR) is 52.5 cm³/mol. The maximum Gasteiger partial charge on any atom is 0.290 e. The van der Waals surface area contributed by atoms with Crippen LogP contribution < -0.4 is 0 Å². The maximum absolute atomic E-state index is 8.36. The van der Waals surface area contributed by atoms with Gasteiger partial charge in [0.05, 0.1) is 0 Å². The van der Waals surface area contributed by atoms with Crippen molar-refractivity contribution in [1.29, 1.82) is 0 Å². The van der Waals surface area contributed by atoms with Crippen molar-refractivity contribution in [3.05, 3.63) is 0 Å². The zero-order valence-corrected chi connectivity index (χ0v) is 8.84. The van der Waals surface area contributed by atoms with Crippen LogP contribution in [0.4, 0.5) is 0 Å². The third kappa shape index (κ3) is 1.47. The van der Waals surface area contributed by atoms with Crippen LogP contribution in [0.2, 0.25) is 0 Å². The lowest BCUT2D eigenvalue weighted by molar-refractivity contribution is -0.122. The second kappa shape index (κ2) is 3.32. The first-order valence-electron chi connectivity index (χ1n) is 5.06. The second-order valence-electron chi connectivity index (χ2n) is 5.16. The van der Waals surface area contributed by atoms with Crippen LogP contribution in [0, 0.1) is 16.7 Å². The van der Waals surface area contributed by atoms with E-state index >= 15 is 0 Å². The van der Waals surface area contributed by atoms with Gasteiger partial charge in [-0.25, -0.2) is 0 Å². The summed E-state index contributed by atoms with van der Waals surface area (Å²) in [6, 6.07) is 0. The number of carbonyl (C=O) groups is 1. The molecule has 0 heterocycles. The van der Waals surface area contributed by atoms with Gasteiger partial charge in [-0.05, 0) is 42.4 Å². The molecule has 13 heavy (non-hydrogen) atoms. The standard InChI is InChI=1S/C10H18.CH2O2/c1-9(2)8-4-6-10(9,3)7-5-8;2-1-3/h8H,4-7H2,1-3H3;1H,(H,2,3). The molecule has 0 aromatic heterocycles. The molecule has 0 spiro atoms. The normalized spacial score (nSPS) is 39.5. The average molecular weight is 184 g/mol. The van der Waals surface area contributed by atoms with Crippen LogP contribution in [-0.2, 0) is 4.79 Å². The van der Waals surface area contributed by atoms with Crippen LogP contribution >= 0.6 is 0 Å². The van der Waals surface area contributed by atoms with E-state index in [1.165, 1.54) is 25.7 Å². The van der Waals surface area contributed by atoms with Crippen molar-refractivity contribution in [2.45, 2.75) is 46.5 Å². The topological polar surface area (TPSA) is 37.3 Å². The third-order valence-corrected chi connectivity index (χ3v) is 4.67. The van der Waals surface area contributed by atoms with Crippen molar-refractivity contribution in [1.82, 2.24) is 0 Å². The van der Waals surface area contributed by atoms with Crippen LogP contribution in [0.1, 0.15) is 46.5 Å². The smallest absolute Gasteiger partial charge is 0.290 e. The fourth-order valence-corrected chi connectivity index (χ4v) is 3.11. The Morgan fingerprint density at radius 1 is 1.23 bits per heavy atom. The van der Waals surface area contributed by atoms with Crippen LogP contribution in [-0.4, -0.2) is 11.6 Å². The van der Waals surface area contributed by atoms with Gasteiger partial charge >= 0.3 is 0 Å². The molecular weight excluding hydrogens is 164 g/mol. The van der Waals surface area contributed by atoms with E-state index in [9.17, 15) is 0 Å². The monoisotopic (exact) mass is 184 g/mol. The Labute approximate surface area is 80.3 Å². The lowest BCUT2D eigenvalue weighted by atomic mass is 9.71. The van der Waals surface area contributed by atoms with Crippen LogP contribution in [0.5, 0.6) is 0 Å². The highest BCUT2D eigenvalue weighted by Gasteiger charge is 2.55. The SMILES string of the molecule is CC12CCC(CC1)C2(C)C.O=CO. The van der Waals surface area contributed by atoms with Crippen LogP contribution in [0.25, 0.3) is 0 Å². The fraction of sp³-hybridized carbons (Fsp3) is 0.909. The van der Waals surface area contributed by atoms with E-state index < -0.39 is 0 Å². The number of carboxylic acid groups (broad SMARTS) is 1. The van der Waals surface area contributed by atoms with Gasteiger partial charge in [-0.2, -0.15) is 0 Å². The molecule has 2 bridgehead atoms. The lowest BCUT2D eigenvalue weighted by Crippen LogP contribution is -2.26. The average Bonchev–Trinajstić information content (AvgIpc) is 2.38. The number of hydrogen-bond donors (Lipinski definition) is 1. The van der Waals surface area contributed by atoms with E-state index in [-0.39, 0.29) is 6.47 Å². The Morgan fingerprint density at radius 3 is 1.69 bits per heavy atom. The Hall–Kier alpha value is -0.530. The molecule has 0 atom stereocenters. The molecular formula is C11H20O2. The van der Waals surface area contributed by atoms with Gasteiger partial charge in [-0.3, -0.25) is 4.79 Å². The van der Waals surface area contributed by atoms with Crippen molar-refractivity contribution >= 4 is 6.47 Å². The van der Waals surface area contributed by atoms with Gasteiger partial charge in [0.1, 0.15) is 0 Å². The molecule has 0 aromatic rings.